The van der Waals surface area contributed by atoms with Gasteiger partial charge in [0.15, 0.2) is 0 Å². The van der Waals surface area contributed by atoms with Gasteiger partial charge in [-0.25, -0.2) is 4.79 Å². The van der Waals surface area contributed by atoms with E-state index in [1.54, 1.807) is 0 Å². The zero-order valence-electron chi connectivity index (χ0n) is 13.7. The Labute approximate surface area is 137 Å². The molecule has 126 valence electrons. The number of aryl methyl sites for hydroxylation is 1. The Morgan fingerprint density at radius 3 is 2.39 bits per heavy atom. The van der Waals surface area contributed by atoms with Crippen LogP contribution in [0.4, 0.5) is 0 Å². The predicted molar refractivity (Wildman–Crippen MR) is 89.0 cm³/mol. The Bertz CT molecular complexity index is 548. The molecule has 0 unspecified atom stereocenters. The first kappa shape index (κ1) is 17.5. The maximum Gasteiger partial charge on any atom is 0.326 e. The zero-order valence-corrected chi connectivity index (χ0v) is 13.7. The highest BCUT2D eigenvalue weighted by atomic mass is 16.4. The van der Waals surface area contributed by atoms with E-state index in [0.29, 0.717) is 19.4 Å². The number of hydrogen-bond donors (Lipinski definition) is 3. The number of benzene rings is 1. The van der Waals surface area contributed by atoms with Crippen molar-refractivity contribution in [3.8, 4) is 0 Å². The second-order valence-electron chi connectivity index (χ2n) is 6.58. The molecule has 2 rings (SSSR count). The maximum absolute atomic E-state index is 12.7. The summed E-state index contributed by atoms with van der Waals surface area (Å²) in [6.45, 7) is 2.43. The summed E-state index contributed by atoms with van der Waals surface area (Å²) in [4.78, 5) is 24.2. The number of amides is 1. The van der Waals surface area contributed by atoms with Gasteiger partial charge in [0.1, 0.15) is 6.04 Å². The molecule has 5 nitrogen and oxygen atoms in total. The minimum atomic E-state index is -1.00. The van der Waals surface area contributed by atoms with Gasteiger partial charge < -0.3 is 16.2 Å². The summed E-state index contributed by atoms with van der Waals surface area (Å²) in [6.07, 6.45) is 4.52. The largest absolute Gasteiger partial charge is 0.480 e. The third-order valence-electron chi connectivity index (χ3n) is 4.83. The Kier molecular flexibility index (Phi) is 5.77. The van der Waals surface area contributed by atoms with Gasteiger partial charge in [0.2, 0.25) is 5.91 Å². The summed E-state index contributed by atoms with van der Waals surface area (Å²) in [6, 6.07) is 6.80. The minimum absolute atomic E-state index is 0.153. The summed E-state index contributed by atoms with van der Waals surface area (Å²) in [5.41, 5.74) is 7.21. The van der Waals surface area contributed by atoms with Crippen LogP contribution in [-0.2, 0) is 16.0 Å². The van der Waals surface area contributed by atoms with Crippen LogP contribution in [0.25, 0.3) is 0 Å². The molecule has 0 aliphatic heterocycles. The standard InChI is InChI=1S/C18H26N2O3/c1-13-4-6-14(7-5-13)12-15(16(21)22)20-17(23)18(10-11-19)8-2-3-9-18/h4-7,15H,2-3,8-12,19H2,1H3,(H,20,23)(H,21,22)/t15-/m0/s1. The number of carboxylic acids is 1. The quantitative estimate of drug-likeness (QED) is 0.717. The van der Waals surface area contributed by atoms with Crippen LogP contribution in [0.3, 0.4) is 0 Å². The molecule has 0 aromatic heterocycles. The average Bonchev–Trinajstić information content (AvgIpc) is 2.99. The van der Waals surface area contributed by atoms with E-state index in [-0.39, 0.29) is 5.91 Å². The highest BCUT2D eigenvalue weighted by Crippen LogP contribution is 2.41. The lowest BCUT2D eigenvalue weighted by Gasteiger charge is -2.29. The van der Waals surface area contributed by atoms with Crippen molar-refractivity contribution in [3.63, 3.8) is 0 Å². The highest BCUT2D eigenvalue weighted by Gasteiger charge is 2.41. The highest BCUT2D eigenvalue weighted by molar-refractivity contribution is 5.87. The van der Waals surface area contributed by atoms with Gasteiger partial charge in [-0.05, 0) is 38.3 Å². The lowest BCUT2D eigenvalue weighted by Crippen LogP contribution is -2.49. The molecule has 0 radical (unpaired) electrons. The molecular weight excluding hydrogens is 292 g/mol. The number of nitrogens with two attached hydrogens (primary N) is 1. The molecule has 5 heteroatoms. The van der Waals surface area contributed by atoms with E-state index in [1.807, 2.05) is 31.2 Å². The fourth-order valence-electron chi connectivity index (χ4n) is 3.39. The summed E-state index contributed by atoms with van der Waals surface area (Å²) in [5.74, 6) is -1.15. The molecule has 1 aromatic carbocycles. The van der Waals surface area contributed by atoms with Crippen molar-refractivity contribution in [3.05, 3.63) is 35.4 Å². The lowest BCUT2D eigenvalue weighted by atomic mass is 9.81. The summed E-state index contributed by atoms with van der Waals surface area (Å²) >= 11 is 0. The van der Waals surface area contributed by atoms with Gasteiger partial charge in [-0.15, -0.1) is 0 Å². The average molecular weight is 318 g/mol. The Balaban J connectivity index is 2.07. The summed E-state index contributed by atoms with van der Waals surface area (Å²) in [5, 5.41) is 12.2. The first-order chi connectivity index (χ1) is 11.0. The molecule has 1 atom stereocenters. The molecule has 0 bridgehead atoms. The fourth-order valence-corrected chi connectivity index (χ4v) is 3.39. The maximum atomic E-state index is 12.7. The summed E-state index contributed by atoms with van der Waals surface area (Å²) in [7, 11) is 0. The second-order valence-corrected chi connectivity index (χ2v) is 6.58. The van der Waals surface area contributed by atoms with E-state index in [4.69, 9.17) is 5.73 Å². The number of carbonyl (C=O) groups excluding carboxylic acids is 1. The smallest absolute Gasteiger partial charge is 0.326 e. The van der Waals surface area contributed by atoms with E-state index >= 15 is 0 Å². The van der Waals surface area contributed by atoms with Crippen LogP contribution in [0.15, 0.2) is 24.3 Å². The molecule has 0 heterocycles. The van der Waals surface area contributed by atoms with E-state index in [2.05, 4.69) is 5.32 Å². The number of hydrogen-bond acceptors (Lipinski definition) is 3. The Hall–Kier alpha value is -1.88. The normalized spacial score (nSPS) is 17.7. The van der Waals surface area contributed by atoms with Crippen LogP contribution in [0, 0.1) is 12.3 Å². The van der Waals surface area contributed by atoms with Crippen LogP contribution in [-0.4, -0.2) is 29.6 Å². The van der Waals surface area contributed by atoms with Gasteiger partial charge >= 0.3 is 5.97 Å². The molecule has 4 N–H and O–H groups in total. The van der Waals surface area contributed by atoms with E-state index in [0.717, 1.165) is 36.8 Å². The lowest BCUT2D eigenvalue weighted by molar-refractivity contribution is -0.144. The second kappa shape index (κ2) is 7.59. The van der Waals surface area contributed by atoms with Gasteiger partial charge in [0, 0.05) is 6.42 Å². The van der Waals surface area contributed by atoms with Crippen LogP contribution < -0.4 is 11.1 Å². The SMILES string of the molecule is Cc1ccc(C[C@H](NC(=O)C2(CCN)CCCC2)C(=O)O)cc1. The van der Waals surface area contributed by atoms with E-state index in [9.17, 15) is 14.7 Å². The molecular formula is C18H26N2O3. The summed E-state index contributed by atoms with van der Waals surface area (Å²) < 4.78 is 0. The van der Waals surface area contributed by atoms with Gasteiger partial charge in [-0.1, -0.05) is 42.7 Å². The molecule has 1 amide bonds. The number of nitrogens with one attached hydrogen (secondary N) is 1. The number of rotatable bonds is 7. The fraction of sp³-hybridized carbons (Fsp3) is 0.556. The molecule has 1 aliphatic carbocycles. The minimum Gasteiger partial charge on any atom is -0.480 e. The van der Waals surface area contributed by atoms with Gasteiger partial charge in [0.05, 0.1) is 5.41 Å². The first-order valence-electron chi connectivity index (χ1n) is 8.26. The van der Waals surface area contributed by atoms with Crippen molar-refractivity contribution in [1.29, 1.82) is 0 Å². The van der Waals surface area contributed by atoms with Crippen molar-refractivity contribution < 1.29 is 14.7 Å². The molecule has 23 heavy (non-hydrogen) atoms. The molecule has 1 fully saturated rings. The molecule has 1 aromatic rings. The van der Waals surface area contributed by atoms with Crippen LogP contribution in [0.5, 0.6) is 0 Å². The Morgan fingerprint density at radius 2 is 1.87 bits per heavy atom. The Morgan fingerprint density at radius 1 is 1.26 bits per heavy atom. The van der Waals surface area contributed by atoms with Crippen molar-refractivity contribution in [2.75, 3.05) is 6.54 Å². The van der Waals surface area contributed by atoms with E-state index in [1.165, 1.54) is 0 Å². The van der Waals surface area contributed by atoms with Crippen molar-refractivity contribution >= 4 is 11.9 Å². The van der Waals surface area contributed by atoms with Crippen LogP contribution in [0.2, 0.25) is 0 Å². The zero-order chi connectivity index (χ0) is 16.9. The third-order valence-corrected chi connectivity index (χ3v) is 4.83. The van der Waals surface area contributed by atoms with Gasteiger partial charge in [-0.3, -0.25) is 4.79 Å². The third kappa shape index (κ3) is 4.32. The van der Waals surface area contributed by atoms with Crippen LogP contribution in [0.1, 0.15) is 43.2 Å². The monoisotopic (exact) mass is 318 g/mol. The predicted octanol–water partition coefficient (Wildman–Crippen LogP) is 2.02. The van der Waals surface area contributed by atoms with Crippen molar-refractivity contribution in [1.82, 2.24) is 5.32 Å². The van der Waals surface area contributed by atoms with Gasteiger partial charge in [-0.2, -0.15) is 0 Å². The molecule has 1 aliphatic rings. The van der Waals surface area contributed by atoms with Crippen molar-refractivity contribution in [2.45, 2.75) is 51.5 Å². The first-order valence-corrected chi connectivity index (χ1v) is 8.26. The van der Waals surface area contributed by atoms with Crippen LogP contribution >= 0.6 is 0 Å². The topological polar surface area (TPSA) is 92.4 Å². The molecule has 0 saturated heterocycles. The number of carboxylic acid groups (broad SMARTS) is 1. The number of aliphatic carboxylic acids is 1. The van der Waals surface area contributed by atoms with Crippen molar-refractivity contribution in [2.24, 2.45) is 11.1 Å². The number of carbonyl (C=O) groups is 2. The van der Waals surface area contributed by atoms with Gasteiger partial charge in [0.25, 0.3) is 0 Å². The van der Waals surface area contributed by atoms with E-state index < -0.39 is 17.4 Å². The molecule has 1 saturated carbocycles. The molecule has 0 spiro atoms.